The summed E-state index contributed by atoms with van der Waals surface area (Å²) in [5.74, 6) is -0.918. The van der Waals surface area contributed by atoms with E-state index in [0.29, 0.717) is 37.6 Å². The zero-order valence-electron chi connectivity index (χ0n) is 15.5. The molecule has 150 valence electrons. The lowest BCUT2D eigenvalue weighted by Crippen LogP contribution is -2.44. The molecule has 0 unspecified atom stereocenters. The summed E-state index contributed by atoms with van der Waals surface area (Å²) in [5, 5.41) is 2.74. The number of nitrogens with one attached hydrogen (secondary N) is 1. The number of morpholine rings is 1. The third-order valence-corrected chi connectivity index (χ3v) is 5.26. The summed E-state index contributed by atoms with van der Waals surface area (Å²) in [6.07, 6.45) is 1.03. The first-order valence-electron chi connectivity index (χ1n) is 8.54. The van der Waals surface area contributed by atoms with Crippen molar-refractivity contribution >= 4 is 27.6 Å². The van der Waals surface area contributed by atoms with Crippen molar-refractivity contribution < 1.29 is 27.5 Å². The number of anilines is 1. The Kier molecular flexibility index (Phi) is 7.57. The van der Waals surface area contributed by atoms with E-state index in [0.717, 1.165) is 23.7 Å². The Hall–Kier alpha value is -2.17. The van der Waals surface area contributed by atoms with Gasteiger partial charge in [-0.2, -0.15) is 0 Å². The highest BCUT2D eigenvalue weighted by Gasteiger charge is 2.21. The summed E-state index contributed by atoms with van der Waals surface area (Å²) in [4.78, 5) is 25.9. The number of hydrogen-bond acceptors (Lipinski definition) is 7. The van der Waals surface area contributed by atoms with Gasteiger partial charge >= 0.3 is 5.97 Å². The molecule has 9 nitrogen and oxygen atoms in total. The minimum absolute atomic E-state index is 0.296. The van der Waals surface area contributed by atoms with Gasteiger partial charge in [0.1, 0.15) is 6.54 Å². The van der Waals surface area contributed by atoms with Crippen LogP contribution >= 0.6 is 0 Å². The van der Waals surface area contributed by atoms with Crippen LogP contribution in [0, 0.1) is 0 Å². The van der Waals surface area contributed by atoms with Crippen LogP contribution in [0.3, 0.4) is 0 Å². The van der Waals surface area contributed by atoms with Crippen LogP contribution in [-0.4, -0.2) is 84.5 Å². The Morgan fingerprint density at radius 1 is 1.22 bits per heavy atom. The van der Waals surface area contributed by atoms with E-state index in [4.69, 9.17) is 4.74 Å². The van der Waals surface area contributed by atoms with Gasteiger partial charge in [-0.15, -0.1) is 0 Å². The molecule has 1 aromatic carbocycles. The van der Waals surface area contributed by atoms with E-state index >= 15 is 0 Å². The highest BCUT2D eigenvalue weighted by molar-refractivity contribution is 7.92. The van der Waals surface area contributed by atoms with Crippen LogP contribution in [-0.2, 0) is 24.3 Å². The number of nitrogens with zero attached hydrogens (tertiary/aromatic N) is 2. The van der Waals surface area contributed by atoms with Gasteiger partial charge in [-0.05, 0) is 24.3 Å². The number of amides is 1. The Labute approximate surface area is 159 Å². The van der Waals surface area contributed by atoms with E-state index in [1.54, 1.807) is 0 Å². The number of sulfonamides is 1. The highest BCUT2D eigenvalue weighted by atomic mass is 32.2. The van der Waals surface area contributed by atoms with Gasteiger partial charge in [0.05, 0.1) is 37.8 Å². The Balaban J connectivity index is 1.95. The predicted molar refractivity (Wildman–Crippen MR) is 100 cm³/mol. The van der Waals surface area contributed by atoms with Crippen LogP contribution in [0.25, 0.3) is 0 Å². The molecule has 0 atom stereocenters. The van der Waals surface area contributed by atoms with Gasteiger partial charge in [0, 0.05) is 26.2 Å². The van der Waals surface area contributed by atoms with Crippen molar-refractivity contribution in [3.63, 3.8) is 0 Å². The van der Waals surface area contributed by atoms with Gasteiger partial charge < -0.3 is 14.8 Å². The van der Waals surface area contributed by atoms with Gasteiger partial charge in [-0.3, -0.25) is 14.0 Å². The van der Waals surface area contributed by atoms with Crippen molar-refractivity contribution in [3.05, 3.63) is 29.8 Å². The minimum Gasteiger partial charge on any atom is -0.465 e. The second kappa shape index (κ2) is 9.67. The summed E-state index contributed by atoms with van der Waals surface area (Å²) in [5.41, 5.74) is 0.596. The molecule has 1 N–H and O–H groups in total. The number of carbonyl (C=O) groups is 2. The number of carbonyl (C=O) groups excluding carboxylic acids is 2. The molecule has 1 aromatic rings. The molecule has 1 heterocycles. The summed E-state index contributed by atoms with van der Waals surface area (Å²) in [7, 11) is -2.40. The summed E-state index contributed by atoms with van der Waals surface area (Å²) in [6.45, 7) is 3.77. The lowest BCUT2D eigenvalue weighted by Gasteiger charge is -2.27. The van der Waals surface area contributed by atoms with Crippen LogP contribution < -0.4 is 9.62 Å². The lowest BCUT2D eigenvalue weighted by atomic mass is 10.2. The molecule has 10 heteroatoms. The van der Waals surface area contributed by atoms with Crippen LogP contribution in [0.15, 0.2) is 24.3 Å². The number of methoxy groups -OCH3 is 1. The summed E-state index contributed by atoms with van der Waals surface area (Å²) < 4.78 is 35.1. The van der Waals surface area contributed by atoms with Gasteiger partial charge in [0.2, 0.25) is 15.9 Å². The summed E-state index contributed by atoms with van der Waals surface area (Å²) in [6, 6.07) is 5.84. The van der Waals surface area contributed by atoms with Crippen molar-refractivity contribution in [3.8, 4) is 0 Å². The molecule has 2 rings (SSSR count). The Morgan fingerprint density at radius 2 is 1.85 bits per heavy atom. The molecule has 1 aliphatic rings. The average Bonchev–Trinajstić information content (AvgIpc) is 2.65. The second-order valence-corrected chi connectivity index (χ2v) is 8.02. The maximum Gasteiger partial charge on any atom is 0.337 e. The van der Waals surface area contributed by atoms with E-state index < -0.39 is 21.9 Å². The molecule has 1 fully saturated rings. The van der Waals surface area contributed by atoms with E-state index in [9.17, 15) is 18.0 Å². The maximum absolute atomic E-state index is 12.2. The number of hydrogen-bond donors (Lipinski definition) is 1. The normalized spacial score (nSPS) is 15.2. The van der Waals surface area contributed by atoms with Crippen molar-refractivity contribution in [1.82, 2.24) is 10.2 Å². The van der Waals surface area contributed by atoms with Crippen LogP contribution in [0.1, 0.15) is 10.4 Å². The smallest absolute Gasteiger partial charge is 0.337 e. The molecule has 0 radical (unpaired) electrons. The third-order valence-electron chi connectivity index (χ3n) is 4.12. The summed E-state index contributed by atoms with van der Waals surface area (Å²) >= 11 is 0. The van der Waals surface area contributed by atoms with Crippen LogP contribution in [0.5, 0.6) is 0 Å². The highest BCUT2D eigenvalue weighted by Crippen LogP contribution is 2.18. The van der Waals surface area contributed by atoms with Gasteiger partial charge in [-0.25, -0.2) is 13.2 Å². The van der Waals surface area contributed by atoms with E-state index in [1.807, 2.05) is 0 Å². The van der Waals surface area contributed by atoms with Crippen LogP contribution in [0.2, 0.25) is 0 Å². The molecule has 27 heavy (non-hydrogen) atoms. The van der Waals surface area contributed by atoms with Gasteiger partial charge in [0.25, 0.3) is 0 Å². The molecule has 1 saturated heterocycles. The lowest BCUT2D eigenvalue weighted by molar-refractivity contribution is -0.119. The van der Waals surface area contributed by atoms with Crippen molar-refractivity contribution in [1.29, 1.82) is 0 Å². The van der Waals surface area contributed by atoms with E-state index in [2.05, 4.69) is 15.0 Å². The zero-order valence-corrected chi connectivity index (χ0v) is 16.3. The molecule has 0 aliphatic carbocycles. The van der Waals surface area contributed by atoms with Gasteiger partial charge in [0.15, 0.2) is 0 Å². The maximum atomic E-state index is 12.2. The van der Waals surface area contributed by atoms with E-state index in [-0.39, 0.29) is 6.54 Å². The first-order chi connectivity index (χ1) is 12.8. The van der Waals surface area contributed by atoms with Crippen molar-refractivity contribution in [2.24, 2.45) is 0 Å². The molecule has 0 aromatic heterocycles. The first-order valence-corrected chi connectivity index (χ1v) is 10.4. The molecule has 1 aliphatic heterocycles. The Bertz CT molecular complexity index is 744. The van der Waals surface area contributed by atoms with Crippen LogP contribution in [0.4, 0.5) is 5.69 Å². The molecule has 0 saturated carbocycles. The minimum atomic E-state index is -3.67. The zero-order chi connectivity index (χ0) is 19.9. The quantitative estimate of drug-likeness (QED) is 0.598. The van der Waals surface area contributed by atoms with Crippen molar-refractivity contribution in [2.75, 3.05) is 63.6 Å². The van der Waals surface area contributed by atoms with Gasteiger partial charge in [-0.1, -0.05) is 0 Å². The fraction of sp³-hybridized carbons (Fsp3) is 0.529. The second-order valence-electron chi connectivity index (χ2n) is 6.11. The standard InChI is InChI=1S/C17H25N3O6S/c1-25-17(22)14-3-5-15(6-4-14)20(27(2,23)24)13-16(21)18-7-8-19-9-11-26-12-10-19/h3-6H,7-13H2,1-2H3,(H,18,21). The SMILES string of the molecule is COC(=O)c1ccc(N(CC(=O)NCCN2CCOCC2)S(C)(=O)=O)cc1. The topological polar surface area (TPSA) is 105 Å². The molecule has 1 amide bonds. The number of benzene rings is 1. The fourth-order valence-electron chi connectivity index (χ4n) is 2.65. The van der Waals surface area contributed by atoms with Crippen molar-refractivity contribution in [2.45, 2.75) is 0 Å². The molecular formula is C17H25N3O6S. The Morgan fingerprint density at radius 3 is 2.41 bits per heavy atom. The molecular weight excluding hydrogens is 374 g/mol. The number of rotatable bonds is 8. The monoisotopic (exact) mass is 399 g/mol. The molecule has 0 spiro atoms. The predicted octanol–water partition coefficient (Wildman–Crippen LogP) is -0.312. The number of esters is 1. The largest absolute Gasteiger partial charge is 0.465 e. The third kappa shape index (κ3) is 6.49. The average molecular weight is 399 g/mol. The molecule has 0 bridgehead atoms. The fourth-order valence-corrected chi connectivity index (χ4v) is 3.50. The van der Waals surface area contributed by atoms with E-state index in [1.165, 1.54) is 31.4 Å². The first kappa shape index (κ1) is 21.1. The number of ether oxygens (including phenoxy) is 2.